The maximum atomic E-state index is 9.73. The van der Waals surface area contributed by atoms with E-state index in [1.165, 1.54) is 0 Å². The molecule has 1 aliphatic carbocycles. The first kappa shape index (κ1) is 12.1. The number of H-pyrrole nitrogens is 1. The number of rotatable bonds is 2. The molecule has 0 bridgehead atoms. The quantitative estimate of drug-likeness (QED) is 0.725. The van der Waals surface area contributed by atoms with Gasteiger partial charge < -0.3 is 15.2 Å². The van der Waals surface area contributed by atoms with Gasteiger partial charge in [0.2, 0.25) is 0 Å². The van der Waals surface area contributed by atoms with Gasteiger partial charge >= 0.3 is 0 Å². The van der Waals surface area contributed by atoms with Crippen LogP contribution in [0.5, 0.6) is 11.5 Å². The second-order valence-electron chi connectivity index (χ2n) is 5.99. The number of aromatic amines is 1. The SMILES string of the molecule is CC1(C)CC(Cc2cnc[nH]2)c2cc(O)c(O)cc21. The van der Waals surface area contributed by atoms with E-state index in [2.05, 4.69) is 23.8 Å². The zero-order valence-corrected chi connectivity index (χ0v) is 11.1. The Bertz CT molecular complexity index is 603. The highest BCUT2D eigenvalue weighted by Gasteiger charge is 2.37. The fraction of sp³-hybridized carbons (Fsp3) is 0.400. The first-order valence-electron chi connectivity index (χ1n) is 6.51. The summed E-state index contributed by atoms with van der Waals surface area (Å²) >= 11 is 0. The molecule has 1 aliphatic rings. The van der Waals surface area contributed by atoms with Crippen molar-refractivity contribution >= 4 is 0 Å². The fourth-order valence-electron chi connectivity index (χ4n) is 3.20. The number of nitrogens with zero attached hydrogens (tertiary/aromatic N) is 1. The van der Waals surface area contributed by atoms with Gasteiger partial charge in [-0.25, -0.2) is 4.98 Å². The molecule has 3 rings (SSSR count). The van der Waals surface area contributed by atoms with Gasteiger partial charge in [-0.15, -0.1) is 0 Å². The third-order valence-corrected chi connectivity index (χ3v) is 4.09. The molecule has 1 heterocycles. The second-order valence-corrected chi connectivity index (χ2v) is 5.99. The van der Waals surface area contributed by atoms with Gasteiger partial charge in [0.05, 0.1) is 6.33 Å². The lowest BCUT2D eigenvalue weighted by atomic mass is 9.85. The molecule has 0 fully saturated rings. The summed E-state index contributed by atoms with van der Waals surface area (Å²) < 4.78 is 0. The van der Waals surface area contributed by atoms with Gasteiger partial charge in [-0.3, -0.25) is 0 Å². The molecule has 2 aromatic rings. The second kappa shape index (κ2) is 4.02. The Hall–Kier alpha value is -1.97. The number of fused-ring (bicyclic) bond motifs is 1. The minimum atomic E-state index is -0.0361. The zero-order valence-electron chi connectivity index (χ0n) is 11.1. The summed E-state index contributed by atoms with van der Waals surface area (Å²) in [6.07, 6.45) is 5.40. The van der Waals surface area contributed by atoms with Gasteiger partial charge in [0.15, 0.2) is 11.5 Å². The van der Waals surface area contributed by atoms with E-state index in [9.17, 15) is 10.2 Å². The molecule has 1 unspecified atom stereocenters. The van der Waals surface area contributed by atoms with Crippen molar-refractivity contribution in [2.75, 3.05) is 0 Å². The largest absolute Gasteiger partial charge is 0.504 e. The molecule has 0 saturated heterocycles. The van der Waals surface area contributed by atoms with Crippen molar-refractivity contribution in [3.63, 3.8) is 0 Å². The average molecular weight is 258 g/mol. The van der Waals surface area contributed by atoms with E-state index in [0.29, 0.717) is 5.92 Å². The Morgan fingerprint density at radius 2 is 2.05 bits per heavy atom. The van der Waals surface area contributed by atoms with E-state index >= 15 is 0 Å². The van der Waals surface area contributed by atoms with Crippen molar-refractivity contribution in [3.05, 3.63) is 41.5 Å². The van der Waals surface area contributed by atoms with Crippen LogP contribution in [0.15, 0.2) is 24.7 Å². The Morgan fingerprint density at radius 1 is 1.32 bits per heavy atom. The molecule has 0 saturated carbocycles. The molecular weight excluding hydrogens is 240 g/mol. The highest BCUT2D eigenvalue weighted by Crippen LogP contribution is 2.49. The molecule has 1 atom stereocenters. The van der Waals surface area contributed by atoms with Crippen LogP contribution in [0.1, 0.15) is 43.0 Å². The predicted octanol–water partition coefficient (Wildman–Crippen LogP) is 2.83. The number of hydrogen-bond donors (Lipinski definition) is 3. The van der Waals surface area contributed by atoms with Gasteiger partial charge in [0.1, 0.15) is 0 Å². The maximum absolute atomic E-state index is 9.73. The molecule has 19 heavy (non-hydrogen) atoms. The van der Waals surface area contributed by atoms with E-state index in [0.717, 1.165) is 29.7 Å². The van der Waals surface area contributed by atoms with E-state index in [1.807, 2.05) is 6.20 Å². The van der Waals surface area contributed by atoms with Crippen LogP contribution in [0.2, 0.25) is 0 Å². The number of benzene rings is 1. The molecule has 1 aromatic heterocycles. The summed E-state index contributed by atoms with van der Waals surface area (Å²) in [7, 11) is 0. The Kier molecular flexibility index (Phi) is 2.55. The monoisotopic (exact) mass is 258 g/mol. The summed E-state index contributed by atoms with van der Waals surface area (Å²) in [5.41, 5.74) is 3.38. The lowest BCUT2D eigenvalue weighted by molar-refractivity contribution is 0.401. The van der Waals surface area contributed by atoms with Crippen molar-refractivity contribution in [1.82, 2.24) is 9.97 Å². The van der Waals surface area contributed by atoms with Crippen molar-refractivity contribution < 1.29 is 10.2 Å². The molecule has 0 amide bonds. The van der Waals surface area contributed by atoms with Crippen LogP contribution in [0.3, 0.4) is 0 Å². The minimum Gasteiger partial charge on any atom is -0.504 e. The standard InChI is InChI=1S/C15H18N2O2/c1-15(2)6-9(3-10-7-16-8-17-10)11-4-13(18)14(19)5-12(11)15/h4-5,7-9,18-19H,3,6H2,1-2H3,(H,16,17). The molecule has 3 N–H and O–H groups in total. The molecule has 0 radical (unpaired) electrons. The highest BCUT2D eigenvalue weighted by molar-refractivity contribution is 5.52. The highest BCUT2D eigenvalue weighted by atomic mass is 16.3. The van der Waals surface area contributed by atoms with E-state index in [-0.39, 0.29) is 16.9 Å². The summed E-state index contributed by atoms with van der Waals surface area (Å²) in [4.78, 5) is 7.17. The minimum absolute atomic E-state index is 0.0190. The first-order valence-corrected chi connectivity index (χ1v) is 6.51. The van der Waals surface area contributed by atoms with Crippen LogP contribution in [0, 0.1) is 0 Å². The molecule has 100 valence electrons. The summed E-state index contributed by atoms with van der Waals surface area (Å²) in [5.74, 6) is 0.275. The number of nitrogens with one attached hydrogen (secondary N) is 1. The average Bonchev–Trinajstić information content (AvgIpc) is 2.90. The predicted molar refractivity (Wildman–Crippen MR) is 72.4 cm³/mol. The van der Waals surface area contributed by atoms with Gasteiger partial charge in [0.25, 0.3) is 0 Å². The van der Waals surface area contributed by atoms with Crippen LogP contribution < -0.4 is 0 Å². The number of phenols is 2. The van der Waals surface area contributed by atoms with Crippen LogP contribution >= 0.6 is 0 Å². The van der Waals surface area contributed by atoms with Gasteiger partial charge in [-0.05, 0) is 47.4 Å². The molecule has 0 aliphatic heterocycles. The van der Waals surface area contributed by atoms with E-state index in [4.69, 9.17) is 0 Å². The smallest absolute Gasteiger partial charge is 0.157 e. The Morgan fingerprint density at radius 3 is 2.74 bits per heavy atom. The Balaban J connectivity index is 2.01. The van der Waals surface area contributed by atoms with E-state index < -0.39 is 0 Å². The van der Waals surface area contributed by atoms with Gasteiger partial charge in [-0.2, -0.15) is 0 Å². The maximum Gasteiger partial charge on any atom is 0.157 e. The van der Waals surface area contributed by atoms with Crippen molar-refractivity contribution in [1.29, 1.82) is 0 Å². The zero-order chi connectivity index (χ0) is 13.6. The molecular formula is C15H18N2O2. The third-order valence-electron chi connectivity index (χ3n) is 4.09. The number of aromatic nitrogens is 2. The topological polar surface area (TPSA) is 69.1 Å². The molecule has 0 spiro atoms. The van der Waals surface area contributed by atoms with Crippen LogP contribution in [-0.2, 0) is 11.8 Å². The number of phenolic OH excluding ortho intramolecular Hbond substituents is 2. The first-order chi connectivity index (χ1) is 8.97. The fourth-order valence-corrected chi connectivity index (χ4v) is 3.20. The summed E-state index contributed by atoms with van der Waals surface area (Å²) in [6.45, 7) is 4.35. The third kappa shape index (κ3) is 1.97. The van der Waals surface area contributed by atoms with Crippen LogP contribution in [0.25, 0.3) is 0 Å². The summed E-state index contributed by atoms with van der Waals surface area (Å²) in [6, 6.07) is 3.41. The van der Waals surface area contributed by atoms with Gasteiger partial charge in [0, 0.05) is 11.9 Å². The van der Waals surface area contributed by atoms with Crippen molar-refractivity contribution in [3.8, 4) is 11.5 Å². The lowest BCUT2D eigenvalue weighted by Crippen LogP contribution is -2.12. The Labute approximate surface area is 112 Å². The van der Waals surface area contributed by atoms with Crippen molar-refractivity contribution in [2.45, 2.75) is 38.0 Å². The normalized spacial score (nSPS) is 20.4. The van der Waals surface area contributed by atoms with Gasteiger partial charge in [-0.1, -0.05) is 13.8 Å². The summed E-state index contributed by atoms with van der Waals surface area (Å²) in [5, 5.41) is 19.4. The number of aromatic hydroxyl groups is 2. The lowest BCUT2D eigenvalue weighted by Gasteiger charge is -2.19. The van der Waals surface area contributed by atoms with E-state index in [1.54, 1.807) is 18.5 Å². The number of hydrogen-bond acceptors (Lipinski definition) is 3. The van der Waals surface area contributed by atoms with Crippen LogP contribution in [-0.4, -0.2) is 20.2 Å². The van der Waals surface area contributed by atoms with Crippen LogP contribution in [0.4, 0.5) is 0 Å². The molecule has 1 aromatic carbocycles. The molecule has 4 heteroatoms. The number of imidazole rings is 1. The molecule has 4 nitrogen and oxygen atoms in total. The van der Waals surface area contributed by atoms with Crippen molar-refractivity contribution in [2.24, 2.45) is 0 Å².